The second-order valence-corrected chi connectivity index (χ2v) is 14.2. The maximum Gasteiger partial charge on any atom is 0.243 e. The SMILES string of the molecule is COc1ccc(S(=O)(=O)N(CC(C)C)CC(O)[C@H](Cc2ccccc2)NC(=O)C(C)CS(C)(=O)=O)cc1OC. The summed E-state index contributed by atoms with van der Waals surface area (Å²) < 4.78 is 62.5. The first kappa shape index (κ1) is 32.5. The molecule has 10 nitrogen and oxygen atoms in total. The summed E-state index contributed by atoms with van der Waals surface area (Å²) in [6, 6.07) is 12.5. The van der Waals surface area contributed by atoms with Crippen molar-refractivity contribution in [2.45, 2.75) is 44.2 Å². The maximum absolute atomic E-state index is 13.7. The number of rotatable bonds is 15. The van der Waals surface area contributed by atoms with Crippen molar-refractivity contribution in [2.24, 2.45) is 11.8 Å². The number of aliphatic hydroxyl groups excluding tert-OH is 1. The quantitative estimate of drug-likeness (QED) is 0.325. The van der Waals surface area contributed by atoms with Gasteiger partial charge in [0.05, 0.1) is 37.0 Å². The van der Waals surface area contributed by atoms with E-state index in [4.69, 9.17) is 9.47 Å². The standard InChI is InChI=1S/C27H40N2O8S2/c1-19(2)16-29(39(34,35)22-12-13-25(36-4)26(15-22)37-5)17-24(30)23(14-21-10-8-7-9-11-21)28-27(31)20(3)18-38(6,32)33/h7-13,15,19-20,23-24,30H,14,16-18H2,1-6H3,(H,28,31)/t20?,23-,24?/m0/s1. The number of amides is 1. The Kier molecular flexibility index (Phi) is 11.8. The lowest BCUT2D eigenvalue weighted by Gasteiger charge is -2.31. The molecule has 0 aromatic heterocycles. The van der Waals surface area contributed by atoms with Gasteiger partial charge in [0.1, 0.15) is 9.84 Å². The van der Waals surface area contributed by atoms with Gasteiger partial charge in [0.25, 0.3) is 0 Å². The fraction of sp³-hybridized carbons (Fsp3) is 0.519. The molecule has 0 fully saturated rings. The van der Waals surface area contributed by atoms with Crippen LogP contribution < -0.4 is 14.8 Å². The molecule has 0 aliphatic rings. The molecule has 0 saturated carbocycles. The van der Waals surface area contributed by atoms with E-state index < -0.39 is 43.8 Å². The number of sulfonamides is 1. The van der Waals surface area contributed by atoms with Crippen LogP contribution in [-0.4, -0.2) is 83.6 Å². The molecule has 2 N–H and O–H groups in total. The van der Waals surface area contributed by atoms with Gasteiger partial charge in [0, 0.05) is 31.3 Å². The fourth-order valence-electron chi connectivity index (χ4n) is 4.15. The van der Waals surface area contributed by atoms with Gasteiger partial charge in [0.2, 0.25) is 15.9 Å². The van der Waals surface area contributed by atoms with Crippen molar-refractivity contribution in [1.82, 2.24) is 9.62 Å². The molecule has 0 bridgehead atoms. The second kappa shape index (κ2) is 14.1. The molecule has 0 aliphatic heterocycles. The summed E-state index contributed by atoms with van der Waals surface area (Å²) in [7, 11) is -4.63. The van der Waals surface area contributed by atoms with E-state index in [9.17, 15) is 26.7 Å². The molecule has 0 spiro atoms. The van der Waals surface area contributed by atoms with Crippen molar-refractivity contribution in [3.8, 4) is 11.5 Å². The topological polar surface area (TPSA) is 139 Å². The van der Waals surface area contributed by atoms with Crippen LogP contribution in [0.3, 0.4) is 0 Å². The lowest BCUT2D eigenvalue weighted by molar-refractivity contribution is -0.125. The molecular weight excluding hydrogens is 544 g/mol. The molecule has 0 aliphatic carbocycles. The van der Waals surface area contributed by atoms with Crippen molar-refractivity contribution < 1.29 is 36.2 Å². The smallest absolute Gasteiger partial charge is 0.243 e. The molecule has 2 aromatic rings. The summed E-state index contributed by atoms with van der Waals surface area (Å²) in [6.45, 7) is 5.03. The van der Waals surface area contributed by atoms with Crippen LogP contribution in [0.1, 0.15) is 26.3 Å². The number of ether oxygens (including phenoxy) is 2. The number of hydrogen-bond acceptors (Lipinski definition) is 8. The first-order chi connectivity index (χ1) is 18.2. The van der Waals surface area contributed by atoms with E-state index in [-0.39, 0.29) is 41.8 Å². The van der Waals surface area contributed by atoms with Gasteiger partial charge in [0.15, 0.2) is 11.5 Å². The van der Waals surface area contributed by atoms with Crippen molar-refractivity contribution >= 4 is 25.8 Å². The van der Waals surface area contributed by atoms with Crippen LogP contribution in [0.5, 0.6) is 11.5 Å². The van der Waals surface area contributed by atoms with Gasteiger partial charge < -0.3 is 19.9 Å². The third-order valence-electron chi connectivity index (χ3n) is 6.04. The van der Waals surface area contributed by atoms with Crippen LogP contribution in [0.2, 0.25) is 0 Å². The average molecular weight is 585 g/mol. The van der Waals surface area contributed by atoms with Crippen molar-refractivity contribution in [3.63, 3.8) is 0 Å². The van der Waals surface area contributed by atoms with Crippen molar-refractivity contribution in [3.05, 3.63) is 54.1 Å². The average Bonchev–Trinajstić information content (AvgIpc) is 2.86. The normalized spacial score (nSPS) is 14.6. The van der Waals surface area contributed by atoms with Gasteiger partial charge in [-0.2, -0.15) is 4.31 Å². The molecule has 0 heterocycles. The lowest BCUT2D eigenvalue weighted by atomic mass is 10.00. The number of nitrogens with one attached hydrogen (secondary N) is 1. The lowest BCUT2D eigenvalue weighted by Crippen LogP contribution is -2.52. The molecule has 2 aromatic carbocycles. The molecule has 218 valence electrons. The molecule has 1 amide bonds. The van der Waals surface area contributed by atoms with E-state index in [1.807, 2.05) is 44.2 Å². The van der Waals surface area contributed by atoms with E-state index in [1.165, 1.54) is 43.6 Å². The van der Waals surface area contributed by atoms with E-state index in [2.05, 4.69) is 5.32 Å². The molecule has 0 radical (unpaired) electrons. The highest BCUT2D eigenvalue weighted by Gasteiger charge is 2.32. The summed E-state index contributed by atoms with van der Waals surface area (Å²) in [6.07, 6.45) is -0.0329. The highest BCUT2D eigenvalue weighted by molar-refractivity contribution is 7.90. The summed E-state index contributed by atoms with van der Waals surface area (Å²) >= 11 is 0. The van der Waals surface area contributed by atoms with Gasteiger partial charge >= 0.3 is 0 Å². The molecule has 39 heavy (non-hydrogen) atoms. The Morgan fingerprint density at radius 2 is 1.56 bits per heavy atom. The number of nitrogens with zero attached hydrogens (tertiary/aromatic N) is 1. The largest absolute Gasteiger partial charge is 0.493 e. The molecule has 3 atom stereocenters. The number of carbonyl (C=O) groups is 1. The van der Waals surface area contributed by atoms with Crippen LogP contribution in [-0.2, 0) is 31.1 Å². The minimum Gasteiger partial charge on any atom is -0.493 e. The van der Waals surface area contributed by atoms with Gasteiger partial charge in [-0.15, -0.1) is 0 Å². The summed E-state index contributed by atoms with van der Waals surface area (Å²) in [5.41, 5.74) is 0.816. The predicted octanol–water partition coefficient (Wildman–Crippen LogP) is 2.12. The zero-order chi connectivity index (χ0) is 29.4. The number of carbonyl (C=O) groups excluding carboxylic acids is 1. The number of methoxy groups -OCH3 is 2. The monoisotopic (exact) mass is 584 g/mol. The number of aliphatic hydroxyl groups is 1. The Labute approximate surface area is 232 Å². The fourth-order valence-corrected chi connectivity index (χ4v) is 6.84. The van der Waals surface area contributed by atoms with Crippen LogP contribution in [0.25, 0.3) is 0 Å². The number of hydrogen-bond donors (Lipinski definition) is 2. The van der Waals surface area contributed by atoms with Crippen LogP contribution >= 0.6 is 0 Å². The molecule has 2 rings (SSSR count). The van der Waals surface area contributed by atoms with E-state index in [1.54, 1.807) is 0 Å². The van der Waals surface area contributed by atoms with E-state index in [0.29, 0.717) is 5.75 Å². The highest BCUT2D eigenvalue weighted by Crippen LogP contribution is 2.31. The van der Waals surface area contributed by atoms with E-state index in [0.717, 1.165) is 11.8 Å². The Bertz CT molecular complexity index is 1300. The van der Waals surface area contributed by atoms with Gasteiger partial charge in [-0.1, -0.05) is 51.1 Å². The number of sulfone groups is 1. The third kappa shape index (κ3) is 9.79. The van der Waals surface area contributed by atoms with Crippen LogP contribution in [0.4, 0.5) is 0 Å². The van der Waals surface area contributed by atoms with E-state index >= 15 is 0 Å². The molecule has 2 unspecified atom stereocenters. The Morgan fingerprint density at radius 1 is 0.949 bits per heavy atom. The summed E-state index contributed by atoms with van der Waals surface area (Å²) in [4.78, 5) is 12.9. The Morgan fingerprint density at radius 3 is 2.10 bits per heavy atom. The van der Waals surface area contributed by atoms with Crippen molar-refractivity contribution in [1.29, 1.82) is 0 Å². The molecule has 0 saturated heterocycles. The Balaban J connectivity index is 2.39. The van der Waals surface area contributed by atoms with Gasteiger partial charge in [-0.25, -0.2) is 16.8 Å². The van der Waals surface area contributed by atoms with Gasteiger partial charge in [-0.05, 0) is 30.0 Å². The van der Waals surface area contributed by atoms with Gasteiger partial charge in [-0.3, -0.25) is 4.79 Å². The van der Waals surface area contributed by atoms with Crippen LogP contribution in [0.15, 0.2) is 53.4 Å². The second-order valence-electron chi connectivity index (χ2n) is 10.1. The highest BCUT2D eigenvalue weighted by atomic mass is 32.2. The summed E-state index contributed by atoms with van der Waals surface area (Å²) in [5.74, 6) is -1.19. The van der Waals surface area contributed by atoms with Crippen molar-refractivity contribution in [2.75, 3.05) is 39.3 Å². The zero-order valence-corrected chi connectivity index (χ0v) is 25.0. The van der Waals surface area contributed by atoms with Crippen LogP contribution in [0, 0.1) is 11.8 Å². The molecule has 12 heteroatoms. The Hall–Kier alpha value is -2.67. The zero-order valence-electron chi connectivity index (χ0n) is 23.3. The predicted molar refractivity (Wildman–Crippen MR) is 150 cm³/mol. The summed E-state index contributed by atoms with van der Waals surface area (Å²) in [5, 5.41) is 14.1. The molecular formula is C27H40N2O8S2. The first-order valence-electron chi connectivity index (χ1n) is 12.6. The minimum atomic E-state index is -4.08. The first-order valence-corrected chi connectivity index (χ1v) is 16.1. The number of benzene rings is 2. The third-order valence-corrected chi connectivity index (χ3v) is 8.98. The maximum atomic E-state index is 13.7. The minimum absolute atomic E-state index is 0.0292.